The maximum Gasteiger partial charge on any atom is 0.339 e. The molecule has 0 amide bonds. The van der Waals surface area contributed by atoms with Gasteiger partial charge in [0.05, 0.1) is 10.6 Å². The molecule has 0 bridgehead atoms. The number of hydrogen-bond donors (Lipinski definition) is 0. The van der Waals surface area contributed by atoms with Crippen LogP contribution in [0.1, 0.15) is 15.9 Å². The van der Waals surface area contributed by atoms with Crippen LogP contribution in [-0.4, -0.2) is 12.8 Å². The fraction of sp³-hybridized carbons (Fsp3) is 0.133. The predicted molar refractivity (Wildman–Crippen MR) is 73.1 cm³/mol. The highest BCUT2D eigenvalue weighted by Crippen LogP contribution is 2.32. The minimum absolute atomic E-state index is 0.0192. The molecule has 3 rings (SSSR count). The smallest absolute Gasteiger partial charge is 0.339 e. The zero-order valence-electron chi connectivity index (χ0n) is 10.8. The van der Waals surface area contributed by atoms with Crippen LogP contribution in [0.5, 0.6) is 11.5 Å². The quantitative estimate of drug-likeness (QED) is 0.813. The van der Waals surface area contributed by atoms with Crippen molar-refractivity contribution >= 4 is 17.6 Å². The van der Waals surface area contributed by atoms with Crippen molar-refractivity contribution in [2.24, 2.45) is 0 Å². The molecule has 21 heavy (non-hydrogen) atoms. The summed E-state index contributed by atoms with van der Waals surface area (Å²) in [4.78, 5) is 11.9. The van der Waals surface area contributed by atoms with Crippen molar-refractivity contribution in [3.05, 3.63) is 58.4 Å². The third-order valence-electron chi connectivity index (χ3n) is 2.96. The second-order valence-corrected chi connectivity index (χ2v) is 4.80. The number of hydrogen-bond acceptors (Lipinski definition) is 4. The van der Waals surface area contributed by atoms with Crippen molar-refractivity contribution in [1.82, 2.24) is 0 Å². The SMILES string of the molecule is O=C(OCc1ccc2c(c1)OCO2)c1ccc(F)cc1Cl. The number of esters is 1. The lowest BCUT2D eigenvalue weighted by atomic mass is 10.2. The Balaban J connectivity index is 1.68. The first-order valence-corrected chi connectivity index (χ1v) is 6.52. The van der Waals surface area contributed by atoms with Gasteiger partial charge in [-0.15, -0.1) is 0 Å². The maximum atomic E-state index is 12.9. The Morgan fingerprint density at radius 3 is 2.81 bits per heavy atom. The third-order valence-corrected chi connectivity index (χ3v) is 3.27. The van der Waals surface area contributed by atoms with Crippen LogP contribution < -0.4 is 9.47 Å². The van der Waals surface area contributed by atoms with Gasteiger partial charge in [0.1, 0.15) is 12.4 Å². The molecule has 0 aliphatic carbocycles. The van der Waals surface area contributed by atoms with Crippen molar-refractivity contribution in [2.45, 2.75) is 6.61 Å². The van der Waals surface area contributed by atoms with Crippen LogP contribution >= 0.6 is 11.6 Å². The Morgan fingerprint density at radius 2 is 2.00 bits per heavy atom. The predicted octanol–water partition coefficient (Wildman–Crippen LogP) is 3.56. The monoisotopic (exact) mass is 308 g/mol. The Hall–Kier alpha value is -2.27. The molecule has 0 saturated heterocycles. The average Bonchev–Trinajstić information content (AvgIpc) is 2.92. The summed E-state index contributed by atoms with van der Waals surface area (Å²) in [6.45, 7) is 0.243. The summed E-state index contributed by atoms with van der Waals surface area (Å²) in [7, 11) is 0. The lowest BCUT2D eigenvalue weighted by Gasteiger charge is -2.07. The molecular weight excluding hydrogens is 299 g/mol. The molecular formula is C15H10ClFO4. The van der Waals surface area contributed by atoms with Gasteiger partial charge in [-0.25, -0.2) is 9.18 Å². The van der Waals surface area contributed by atoms with E-state index in [9.17, 15) is 9.18 Å². The van der Waals surface area contributed by atoms with Gasteiger partial charge in [-0.05, 0) is 35.9 Å². The second-order valence-electron chi connectivity index (χ2n) is 4.39. The van der Waals surface area contributed by atoms with Crippen molar-refractivity contribution in [3.8, 4) is 11.5 Å². The zero-order chi connectivity index (χ0) is 14.8. The number of halogens is 2. The van der Waals surface area contributed by atoms with E-state index < -0.39 is 11.8 Å². The van der Waals surface area contributed by atoms with Gasteiger partial charge in [-0.1, -0.05) is 17.7 Å². The van der Waals surface area contributed by atoms with E-state index in [1.54, 1.807) is 18.2 Å². The van der Waals surface area contributed by atoms with Gasteiger partial charge in [-0.3, -0.25) is 0 Å². The normalized spacial score (nSPS) is 12.3. The second kappa shape index (κ2) is 5.61. The van der Waals surface area contributed by atoms with Crippen molar-refractivity contribution < 1.29 is 23.4 Å². The molecule has 0 spiro atoms. The van der Waals surface area contributed by atoms with Crippen LogP contribution in [0.4, 0.5) is 4.39 Å². The molecule has 1 aliphatic rings. The van der Waals surface area contributed by atoms with Gasteiger partial charge in [0.2, 0.25) is 6.79 Å². The van der Waals surface area contributed by atoms with Crippen molar-refractivity contribution in [1.29, 1.82) is 0 Å². The van der Waals surface area contributed by atoms with Crippen molar-refractivity contribution in [2.75, 3.05) is 6.79 Å². The highest BCUT2D eigenvalue weighted by atomic mass is 35.5. The lowest BCUT2D eigenvalue weighted by molar-refractivity contribution is 0.0472. The highest BCUT2D eigenvalue weighted by Gasteiger charge is 2.15. The van der Waals surface area contributed by atoms with E-state index >= 15 is 0 Å². The van der Waals surface area contributed by atoms with E-state index in [4.69, 9.17) is 25.8 Å². The van der Waals surface area contributed by atoms with Crippen LogP contribution in [0, 0.1) is 5.82 Å². The molecule has 1 heterocycles. The van der Waals surface area contributed by atoms with Gasteiger partial charge in [0.25, 0.3) is 0 Å². The van der Waals surface area contributed by atoms with E-state index in [0.717, 1.165) is 17.7 Å². The molecule has 0 unspecified atom stereocenters. The topological polar surface area (TPSA) is 44.8 Å². The minimum Gasteiger partial charge on any atom is -0.457 e. The van der Waals surface area contributed by atoms with Gasteiger partial charge >= 0.3 is 5.97 Å². The summed E-state index contributed by atoms with van der Waals surface area (Å²) in [5.74, 6) is 0.153. The number of benzene rings is 2. The Labute approximate surface area is 125 Å². The standard InChI is InChI=1S/C15H10ClFO4/c16-12-6-10(17)2-3-11(12)15(18)19-7-9-1-4-13-14(5-9)21-8-20-13/h1-6H,7-8H2. The number of rotatable bonds is 3. The zero-order valence-corrected chi connectivity index (χ0v) is 11.5. The van der Waals surface area contributed by atoms with E-state index in [0.29, 0.717) is 11.5 Å². The Kier molecular flexibility index (Phi) is 3.66. The summed E-state index contributed by atoms with van der Waals surface area (Å²) in [5, 5.41) is 0.0192. The van der Waals surface area contributed by atoms with Crippen LogP contribution in [-0.2, 0) is 11.3 Å². The molecule has 0 aromatic heterocycles. The van der Waals surface area contributed by atoms with Gasteiger partial charge in [0.15, 0.2) is 11.5 Å². The van der Waals surface area contributed by atoms with Crippen LogP contribution in [0.2, 0.25) is 5.02 Å². The van der Waals surface area contributed by atoms with E-state index in [1.165, 1.54) is 6.07 Å². The van der Waals surface area contributed by atoms with Crippen LogP contribution in [0.15, 0.2) is 36.4 Å². The summed E-state index contributed by atoms with van der Waals surface area (Å²) in [5.41, 5.74) is 0.879. The minimum atomic E-state index is -0.613. The fourth-order valence-electron chi connectivity index (χ4n) is 1.91. The average molecular weight is 309 g/mol. The number of carbonyl (C=O) groups excluding carboxylic acids is 1. The number of fused-ring (bicyclic) bond motifs is 1. The third kappa shape index (κ3) is 2.92. The Morgan fingerprint density at radius 1 is 1.19 bits per heavy atom. The van der Waals surface area contributed by atoms with E-state index in [2.05, 4.69) is 0 Å². The lowest BCUT2D eigenvalue weighted by Crippen LogP contribution is -2.06. The highest BCUT2D eigenvalue weighted by molar-refractivity contribution is 6.33. The molecule has 0 atom stereocenters. The maximum absolute atomic E-state index is 12.9. The molecule has 0 radical (unpaired) electrons. The van der Waals surface area contributed by atoms with Crippen molar-refractivity contribution in [3.63, 3.8) is 0 Å². The van der Waals surface area contributed by atoms with Crippen LogP contribution in [0.25, 0.3) is 0 Å². The summed E-state index contributed by atoms with van der Waals surface area (Å²) in [6.07, 6.45) is 0. The fourth-order valence-corrected chi connectivity index (χ4v) is 2.16. The molecule has 0 fully saturated rings. The van der Waals surface area contributed by atoms with Gasteiger partial charge in [0, 0.05) is 0 Å². The first kappa shape index (κ1) is 13.7. The molecule has 0 N–H and O–H groups in total. The number of carbonyl (C=O) groups is 1. The summed E-state index contributed by atoms with van der Waals surface area (Å²) < 4.78 is 28.5. The molecule has 2 aromatic rings. The van der Waals surface area contributed by atoms with E-state index in [-0.39, 0.29) is 24.0 Å². The van der Waals surface area contributed by atoms with Gasteiger partial charge < -0.3 is 14.2 Å². The summed E-state index contributed by atoms with van der Waals surface area (Å²) in [6, 6.07) is 8.77. The molecule has 2 aromatic carbocycles. The molecule has 0 saturated carbocycles. The molecule has 6 heteroatoms. The number of ether oxygens (including phenoxy) is 3. The van der Waals surface area contributed by atoms with E-state index in [1.807, 2.05) is 0 Å². The first-order chi connectivity index (χ1) is 10.1. The molecule has 4 nitrogen and oxygen atoms in total. The summed E-state index contributed by atoms with van der Waals surface area (Å²) >= 11 is 5.81. The van der Waals surface area contributed by atoms with Gasteiger partial charge in [-0.2, -0.15) is 0 Å². The van der Waals surface area contributed by atoms with Crippen LogP contribution in [0.3, 0.4) is 0 Å². The molecule has 108 valence electrons. The molecule has 1 aliphatic heterocycles. The largest absolute Gasteiger partial charge is 0.457 e. The first-order valence-electron chi connectivity index (χ1n) is 6.14. The Bertz CT molecular complexity index is 702.